The Morgan fingerprint density at radius 2 is 2.35 bits per heavy atom. The number of rotatable bonds is 6. The lowest BCUT2D eigenvalue weighted by atomic mass is 10.2. The molecule has 1 atom stereocenters. The zero-order chi connectivity index (χ0) is 12.7. The van der Waals surface area contributed by atoms with E-state index in [1.54, 1.807) is 23.9 Å². The number of carbonyl (C=O) groups is 1. The molecule has 0 saturated heterocycles. The second-order valence-corrected chi connectivity index (χ2v) is 5.05. The fraction of sp³-hybridized carbons (Fsp3) is 0.417. The molecule has 0 spiro atoms. The van der Waals surface area contributed by atoms with Crippen LogP contribution in [0.2, 0.25) is 5.02 Å². The third kappa shape index (κ3) is 5.44. The molecule has 0 saturated carbocycles. The first kappa shape index (κ1) is 14.4. The van der Waals surface area contributed by atoms with Crippen LogP contribution in [-0.2, 0) is 16.1 Å². The quantitative estimate of drug-likeness (QED) is 0.809. The van der Waals surface area contributed by atoms with Crippen LogP contribution in [0.3, 0.4) is 0 Å². The smallest absolute Gasteiger partial charge is 0.323 e. The second kappa shape index (κ2) is 7.58. The third-order valence-corrected chi connectivity index (χ3v) is 3.08. The highest BCUT2D eigenvalue weighted by Gasteiger charge is 2.14. The Balaban J connectivity index is 2.37. The molecule has 5 heteroatoms. The number of esters is 1. The summed E-state index contributed by atoms with van der Waals surface area (Å²) in [5.74, 6) is 0.493. The average Bonchev–Trinajstić information content (AvgIpc) is 2.33. The van der Waals surface area contributed by atoms with Gasteiger partial charge in [-0.15, -0.1) is 0 Å². The van der Waals surface area contributed by atoms with Gasteiger partial charge in [0.25, 0.3) is 0 Å². The number of hydrogen-bond donors (Lipinski definition) is 1. The Labute approximate surface area is 111 Å². The maximum atomic E-state index is 11.5. The van der Waals surface area contributed by atoms with Gasteiger partial charge >= 0.3 is 5.97 Å². The lowest BCUT2D eigenvalue weighted by molar-refractivity contribution is -0.146. The van der Waals surface area contributed by atoms with Crippen molar-refractivity contribution >= 4 is 29.3 Å². The zero-order valence-electron chi connectivity index (χ0n) is 9.69. The monoisotopic (exact) mass is 273 g/mol. The van der Waals surface area contributed by atoms with Crippen molar-refractivity contribution in [2.75, 3.05) is 12.0 Å². The summed E-state index contributed by atoms with van der Waals surface area (Å²) in [4.78, 5) is 11.5. The van der Waals surface area contributed by atoms with Crippen LogP contribution in [0.1, 0.15) is 12.0 Å². The molecule has 0 fully saturated rings. The summed E-state index contributed by atoms with van der Waals surface area (Å²) in [6, 6.07) is 6.67. The van der Waals surface area contributed by atoms with Crippen molar-refractivity contribution in [2.45, 2.75) is 19.1 Å². The largest absolute Gasteiger partial charge is 0.460 e. The Hall–Kier alpha value is -0.710. The highest BCUT2D eigenvalue weighted by Crippen LogP contribution is 2.12. The maximum absolute atomic E-state index is 11.5. The summed E-state index contributed by atoms with van der Waals surface area (Å²) in [5.41, 5.74) is 6.55. The van der Waals surface area contributed by atoms with E-state index < -0.39 is 6.04 Å². The lowest BCUT2D eigenvalue weighted by Gasteiger charge is -2.10. The molecule has 1 aromatic carbocycles. The third-order valence-electron chi connectivity index (χ3n) is 2.21. The number of ether oxygens (including phenoxy) is 1. The van der Waals surface area contributed by atoms with E-state index in [1.165, 1.54) is 0 Å². The lowest BCUT2D eigenvalue weighted by Crippen LogP contribution is -2.32. The Morgan fingerprint density at radius 1 is 1.59 bits per heavy atom. The van der Waals surface area contributed by atoms with Gasteiger partial charge < -0.3 is 10.5 Å². The number of hydrogen-bond acceptors (Lipinski definition) is 4. The van der Waals surface area contributed by atoms with E-state index in [0.29, 0.717) is 11.4 Å². The summed E-state index contributed by atoms with van der Waals surface area (Å²) in [5, 5.41) is 0.630. The van der Waals surface area contributed by atoms with Gasteiger partial charge in [-0.05, 0) is 36.1 Å². The van der Waals surface area contributed by atoms with E-state index in [0.717, 1.165) is 11.3 Å². The van der Waals surface area contributed by atoms with Crippen LogP contribution < -0.4 is 5.73 Å². The molecular weight excluding hydrogens is 258 g/mol. The molecule has 2 N–H and O–H groups in total. The van der Waals surface area contributed by atoms with Gasteiger partial charge in [0.1, 0.15) is 12.6 Å². The van der Waals surface area contributed by atoms with Crippen molar-refractivity contribution in [3.05, 3.63) is 34.9 Å². The Morgan fingerprint density at radius 3 is 3.00 bits per heavy atom. The van der Waals surface area contributed by atoms with Gasteiger partial charge in [0.05, 0.1) is 0 Å². The molecule has 17 heavy (non-hydrogen) atoms. The highest BCUT2D eigenvalue weighted by atomic mass is 35.5. The minimum absolute atomic E-state index is 0.215. The van der Waals surface area contributed by atoms with Crippen LogP contribution in [0.25, 0.3) is 0 Å². The molecule has 1 rings (SSSR count). The van der Waals surface area contributed by atoms with E-state index in [1.807, 2.05) is 18.4 Å². The van der Waals surface area contributed by atoms with Crippen LogP contribution in [-0.4, -0.2) is 24.0 Å². The second-order valence-electron chi connectivity index (χ2n) is 3.63. The van der Waals surface area contributed by atoms with Crippen molar-refractivity contribution in [3.63, 3.8) is 0 Å². The van der Waals surface area contributed by atoms with Crippen molar-refractivity contribution < 1.29 is 9.53 Å². The SMILES string of the molecule is CSCCC(N)C(=O)OCc1cccc(Cl)c1. The van der Waals surface area contributed by atoms with Crippen molar-refractivity contribution in [1.29, 1.82) is 0 Å². The van der Waals surface area contributed by atoms with Crippen LogP contribution in [0, 0.1) is 0 Å². The molecule has 0 aliphatic carbocycles. The number of thioether (sulfide) groups is 1. The number of halogens is 1. The summed E-state index contributed by atoms with van der Waals surface area (Å²) in [7, 11) is 0. The van der Waals surface area contributed by atoms with Gasteiger partial charge in [-0.2, -0.15) is 11.8 Å². The Bertz CT molecular complexity index is 373. The van der Waals surface area contributed by atoms with Crippen molar-refractivity contribution in [1.82, 2.24) is 0 Å². The first-order valence-electron chi connectivity index (χ1n) is 5.29. The van der Waals surface area contributed by atoms with Crippen LogP contribution >= 0.6 is 23.4 Å². The van der Waals surface area contributed by atoms with Gasteiger partial charge in [-0.25, -0.2) is 0 Å². The summed E-state index contributed by atoms with van der Waals surface area (Å²) in [6.45, 7) is 0.215. The van der Waals surface area contributed by atoms with E-state index in [4.69, 9.17) is 22.1 Å². The van der Waals surface area contributed by atoms with Gasteiger partial charge in [-0.1, -0.05) is 23.7 Å². The first-order chi connectivity index (χ1) is 8.13. The first-order valence-corrected chi connectivity index (χ1v) is 7.06. The Kier molecular flexibility index (Phi) is 6.40. The predicted molar refractivity (Wildman–Crippen MR) is 72.2 cm³/mol. The number of nitrogens with two attached hydrogens (primary N) is 1. The summed E-state index contributed by atoms with van der Waals surface area (Å²) < 4.78 is 5.11. The van der Waals surface area contributed by atoms with E-state index >= 15 is 0 Å². The average molecular weight is 274 g/mol. The molecule has 0 heterocycles. The molecule has 3 nitrogen and oxygen atoms in total. The maximum Gasteiger partial charge on any atom is 0.323 e. The normalized spacial score (nSPS) is 12.2. The van der Waals surface area contributed by atoms with E-state index in [2.05, 4.69) is 0 Å². The minimum atomic E-state index is -0.540. The topological polar surface area (TPSA) is 52.3 Å². The molecule has 1 unspecified atom stereocenters. The number of carbonyl (C=O) groups excluding carboxylic acids is 1. The molecule has 0 amide bonds. The summed E-state index contributed by atoms with van der Waals surface area (Å²) >= 11 is 7.48. The van der Waals surface area contributed by atoms with E-state index in [-0.39, 0.29) is 12.6 Å². The molecule has 94 valence electrons. The van der Waals surface area contributed by atoms with E-state index in [9.17, 15) is 4.79 Å². The van der Waals surface area contributed by atoms with Crippen LogP contribution in [0.4, 0.5) is 0 Å². The number of benzene rings is 1. The standard InChI is InChI=1S/C12H16ClNO2S/c1-17-6-5-11(14)12(15)16-8-9-3-2-4-10(13)7-9/h2-4,7,11H,5-6,8,14H2,1H3. The predicted octanol–water partition coefficient (Wildman–Crippen LogP) is 2.46. The molecular formula is C12H16ClNO2S. The fourth-order valence-corrected chi connectivity index (χ4v) is 1.95. The van der Waals surface area contributed by atoms with Crippen LogP contribution in [0.15, 0.2) is 24.3 Å². The summed E-state index contributed by atoms with van der Waals surface area (Å²) in [6.07, 6.45) is 2.61. The molecule has 0 aliphatic rings. The van der Waals surface area contributed by atoms with Gasteiger partial charge in [0.15, 0.2) is 0 Å². The van der Waals surface area contributed by atoms with Crippen molar-refractivity contribution in [2.24, 2.45) is 5.73 Å². The fourth-order valence-electron chi connectivity index (χ4n) is 1.25. The zero-order valence-corrected chi connectivity index (χ0v) is 11.3. The van der Waals surface area contributed by atoms with Gasteiger partial charge in [0.2, 0.25) is 0 Å². The minimum Gasteiger partial charge on any atom is -0.460 e. The highest BCUT2D eigenvalue weighted by molar-refractivity contribution is 7.98. The molecule has 0 aliphatic heterocycles. The molecule has 0 aromatic heterocycles. The molecule has 0 bridgehead atoms. The van der Waals surface area contributed by atoms with Gasteiger partial charge in [-0.3, -0.25) is 4.79 Å². The molecule has 1 aromatic rings. The van der Waals surface area contributed by atoms with Crippen molar-refractivity contribution in [3.8, 4) is 0 Å². The van der Waals surface area contributed by atoms with Crippen LogP contribution in [0.5, 0.6) is 0 Å². The van der Waals surface area contributed by atoms with Gasteiger partial charge in [0, 0.05) is 5.02 Å². The molecule has 0 radical (unpaired) electrons.